The molecule has 1 amide bonds. The van der Waals surface area contributed by atoms with Gasteiger partial charge in [-0.2, -0.15) is 0 Å². The standard InChI is InChI=1S/C15H13Cl2NO2/c16-11-3-1-10(2-4-11)9-18(12-5-6-12)15(19)13-7-8-20-14(13)17/h1-4,7-8,12H,5-6,9H2. The molecule has 1 heterocycles. The van der Waals surface area contributed by atoms with E-state index in [2.05, 4.69) is 0 Å². The molecule has 20 heavy (non-hydrogen) atoms. The SMILES string of the molecule is O=C(c1ccoc1Cl)N(Cc1ccc(Cl)cc1)C1CC1. The van der Waals surface area contributed by atoms with Crippen LogP contribution in [0.15, 0.2) is 41.0 Å². The van der Waals surface area contributed by atoms with Gasteiger partial charge in [0.2, 0.25) is 5.22 Å². The van der Waals surface area contributed by atoms with Crippen molar-refractivity contribution in [3.05, 3.63) is 58.0 Å². The number of carbonyl (C=O) groups excluding carboxylic acids is 1. The van der Waals surface area contributed by atoms with Gasteiger partial charge in [0.1, 0.15) is 0 Å². The molecule has 1 saturated carbocycles. The lowest BCUT2D eigenvalue weighted by molar-refractivity contribution is 0.0729. The van der Waals surface area contributed by atoms with Gasteiger partial charge < -0.3 is 9.32 Å². The van der Waals surface area contributed by atoms with Crippen molar-refractivity contribution >= 4 is 29.1 Å². The van der Waals surface area contributed by atoms with Gasteiger partial charge in [0, 0.05) is 17.6 Å². The molecule has 0 unspecified atom stereocenters. The number of furan rings is 1. The van der Waals surface area contributed by atoms with Gasteiger partial charge in [0.05, 0.1) is 11.8 Å². The number of benzene rings is 1. The summed E-state index contributed by atoms with van der Waals surface area (Å²) in [6.07, 6.45) is 3.51. The van der Waals surface area contributed by atoms with Crippen molar-refractivity contribution in [3.8, 4) is 0 Å². The summed E-state index contributed by atoms with van der Waals surface area (Å²) in [5, 5.41) is 0.840. The molecule has 1 aliphatic rings. The average Bonchev–Trinajstić information content (AvgIpc) is 3.19. The van der Waals surface area contributed by atoms with E-state index in [1.807, 2.05) is 29.2 Å². The van der Waals surface area contributed by atoms with Crippen LogP contribution in [0.25, 0.3) is 0 Å². The van der Waals surface area contributed by atoms with Crippen molar-refractivity contribution in [2.45, 2.75) is 25.4 Å². The Labute approximate surface area is 127 Å². The maximum absolute atomic E-state index is 12.5. The van der Waals surface area contributed by atoms with E-state index in [1.165, 1.54) is 6.26 Å². The summed E-state index contributed by atoms with van der Waals surface area (Å²) in [4.78, 5) is 14.4. The van der Waals surface area contributed by atoms with Crippen LogP contribution in [0.5, 0.6) is 0 Å². The monoisotopic (exact) mass is 309 g/mol. The normalized spacial score (nSPS) is 14.3. The Morgan fingerprint density at radius 3 is 2.45 bits per heavy atom. The predicted molar refractivity (Wildman–Crippen MR) is 78.1 cm³/mol. The molecular weight excluding hydrogens is 297 g/mol. The van der Waals surface area contributed by atoms with Crippen molar-refractivity contribution in [2.75, 3.05) is 0 Å². The fourth-order valence-electron chi connectivity index (χ4n) is 2.14. The number of hydrogen-bond acceptors (Lipinski definition) is 2. The highest BCUT2D eigenvalue weighted by molar-refractivity contribution is 6.32. The van der Waals surface area contributed by atoms with Crippen molar-refractivity contribution in [3.63, 3.8) is 0 Å². The van der Waals surface area contributed by atoms with Gasteiger partial charge in [-0.1, -0.05) is 23.7 Å². The fraction of sp³-hybridized carbons (Fsp3) is 0.267. The largest absolute Gasteiger partial charge is 0.452 e. The minimum absolute atomic E-state index is 0.0822. The van der Waals surface area contributed by atoms with Crippen LogP contribution < -0.4 is 0 Å². The van der Waals surface area contributed by atoms with E-state index in [9.17, 15) is 4.79 Å². The molecular formula is C15H13Cl2NO2. The van der Waals surface area contributed by atoms with Gasteiger partial charge in [0.25, 0.3) is 5.91 Å². The number of nitrogens with zero attached hydrogens (tertiary/aromatic N) is 1. The molecule has 1 aromatic carbocycles. The highest BCUT2D eigenvalue weighted by Gasteiger charge is 2.34. The molecule has 3 nitrogen and oxygen atoms in total. The third-order valence-electron chi connectivity index (χ3n) is 3.36. The van der Waals surface area contributed by atoms with Gasteiger partial charge in [-0.3, -0.25) is 4.79 Å². The van der Waals surface area contributed by atoms with Crippen LogP contribution in [-0.4, -0.2) is 16.8 Å². The van der Waals surface area contributed by atoms with Crippen LogP contribution in [0, 0.1) is 0 Å². The Morgan fingerprint density at radius 1 is 1.20 bits per heavy atom. The van der Waals surface area contributed by atoms with Gasteiger partial charge in [-0.15, -0.1) is 0 Å². The molecule has 0 bridgehead atoms. The van der Waals surface area contributed by atoms with Crippen molar-refractivity contribution in [1.82, 2.24) is 4.90 Å². The Kier molecular flexibility index (Phi) is 3.72. The number of halogens is 2. The summed E-state index contributed by atoms with van der Waals surface area (Å²) < 4.78 is 5.00. The lowest BCUT2D eigenvalue weighted by Gasteiger charge is -2.22. The molecule has 0 saturated heterocycles. The predicted octanol–water partition coefficient (Wildman–Crippen LogP) is 4.39. The molecule has 2 aromatic rings. The van der Waals surface area contributed by atoms with E-state index >= 15 is 0 Å². The molecule has 1 aliphatic carbocycles. The smallest absolute Gasteiger partial charge is 0.259 e. The molecule has 0 spiro atoms. The fourth-order valence-corrected chi connectivity index (χ4v) is 2.46. The van der Waals surface area contributed by atoms with E-state index in [-0.39, 0.29) is 11.1 Å². The first kappa shape index (κ1) is 13.5. The summed E-state index contributed by atoms with van der Waals surface area (Å²) in [6, 6.07) is 9.43. The number of rotatable bonds is 4. The zero-order chi connectivity index (χ0) is 14.1. The molecule has 0 atom stereocenters. The van der Waals surface area contributed by atoms with E-state index < -0.39 is 0 Å². The maximum atomic E-state index is 12.5. The second kappa shape index (κ2) is 5.51. The van der Waals surface area contributed by atoms with Crippen molar-refractivity contribution in [2.24, 2.45) is 0 Å². The van der Waals surface area contributed by atoms with Crippen LogP contribution in [0.4, 0.5) is 0 Å². The highest BCUT2D eigenvalue weighted by atomic mass is 35.5. The van der Waals surface area contributed by atoms with Crippen LogP contribution in [0.3, 0.4) is 0 Å². The Morgan fingerprint density at radius 2 is 1.90 bits per heavy atom. The van der Waals surface area contributed by atoms with E-state index in [0.29, 0.717) is 23.2 Å². The maximum Gasteiger partial charge on any atom is 0.259 e. The first-order valence-corrected chi connectivity index (χ1v) is 7.19. The summed E-state index contributed by atoms with van der Waals surface area (Å²) in [5.74, 6) is -0.0822. The quantitative estimate of drug-likeness (QED) is 0.839. The summed E-state index contributed by atoms with van der Waals surface area (Å²) in [7, 11) is 0. The molecule has 1 fully saturated rings. The first-order chi connectivity index (χ1) is 9.65. The lowest BCUT2D eigenvalue weighted by Crippen LogP contribution is -2.32. The number of hydrogen-bond donors (Lipinski definition) is 0. The lowest BCUT2D eigenvalue weighted by atomic mass is 10.2. The van der Waals surface area contributed by atoms with E-state index in [1.54, 1.807) is 6.07 Å². The summed E-state index contributed by atoms with van der Waals surface area (Å²) >= 11 is 11.8. The average molecular weight is 310 g/mol. The minimum Gasteiger partial charge on any atom is -0.452 e. The zero-order valence-electron chi connectivity index (χ0n) is 10.7. The Bertz CT molecular complexity index is 617. The third-order valence-corrected chi connectivity index (χ3v) is 3.91. The Balaban J connectivity index is 1.81. The molecule has 0 aliphatic heterocycles. The number of carbonyl (C=O) groups is 1. The highest BCUT2D eigenvalue weighted by Crippen LogP contribution is 2.31. The van der Waals surface area contributed by atoms with E-state index in [0.717, 1.165) is 18.4 Å². The number of amides is 1. The second-order valence-corrected chi connectivity index (χ2v) is 5.68. The molecule has 3 rings (SSSR count). The molecule has 104 valence electrons. The topological polar surface area (TPSA) is 33.5 Å². The minimum atomic E-state index is -0.0822. The van der Waals surface area contributed by atoms with Crippen molar-refractivity contribution < 1.29 is 9.21 Å². The Hall–Kier alpha value is -1.45. The summed E-state index contributed by atoms with van der Waals surface area (Å²) in [6.45, 7) is 0.558. The van der Waals surface area contributed by atoms with Crippen LogP contribution in [0.2, 0.25) is 10.2 Å². The second-order valence-electron chi connectivity index (χ2n) is 4.90. The molecule has 0 N–H and O–H groups in total. The zero-order valence-corrected chi connectivity index (χ0v) is 12.2. The van der Waals surface area contributed by atoms with Crippen LogP contribution in [-0.2, 0) is 6.54 Å². The van der Waals surface area contributed by atoms with Gasteiger partial charge in [0.15, 0.2) is 0 Å². The third kappa shape index (κ3) is 2.84. The first-order valence-electron chi connectivity index (χ1n) is 6.43. The molecule has 0 radical (unpaired) electrons. The van der Waals surface area contributed by atoms with Gasteiger partial charge >= 0.3 is 0 Å². The van der Waals surface area contributed by atoms with Crippen molar-refractivity contribution in [1.29, 1.82) is 0 Å². The summed E-state index contributed by atoms with van der Waals surface area (Å²) in [5.41, 5.74) is 1.47. The van der Waals surface area contributed by atoms with Crippen LogP contribution in [0.1, 0.15) is 28.8 Å². The molecule has 1 aromatic heterocycles. The van der Waals surface area contributed by atoms with Gasteiger partial charge in [-0.25, -0.2) is 0 Å². The molecule has 5 heteroatoms. The van der Waals surface area contributed by atoms with E-state index in [4.69, 9.17) is 27.6 Å². The van der Waals surface area contributed by atoms with Crippen LogP contribution >= 0.6 is 23.2 Å². The van der Waals surface area contributed by atoms with Gasteiger partial charge in [-0.05, 0) is 48.2 Å².